The molecule has 3 aromatic rings. The van der Waals surface area contributed by atoms with Crippen molar-refractivity contribution in [2.45, 2.75) is 31.0 Å². The molecule has 5 nitrogen and oxygen atoms in total. The molecule has 1 atom stereocenters. The summed E-state index contributed by atoms with van der Waals surface area (Å²) in [5, 5.41) is 11.0. The van der Waals surface area contributed by atoms with E-state index in [0.29, 0.717) is 5.75 Å². The lowest BCUT2D eigenvalue weighted by Crippen LogP contribution is -2.31. The summed E-state index contributed by atoms with van der Waals surface area (Å²) in [5.74, 6) is 0.552. The lowest BCUT2D eigenvalue weighted by Gasteiger charge is -2.23. The molecule has 0 spiro atoms. The number of aryl methyl sites for hydroxylation is 1. The number of nitrogens with zero attached hydrogens (tertiary/aromatic N) is 4. The number of hydrogen-bond donors (Lipinski definition) is 0. The van der Waals surface area contributed by atoms with Crippen LogP contribution in [0.4, 0.5) is 0 Å². The molecule has 134 valence electrons. The number of thioether (sulfide) groups is 1. The van der Waals surface area contributed by atoms with Crippen molar-refractivity contribution >= 4 is 29.0 Å². The molecule has 0 aliphatic carbocycles. The molecular weight excluding hydrogens is 364 g/mol. The molecule has 1 fully saturated rings. The summed E-state index contributed by atoms with van der Waals surface area (Å²) in [6, 6.07) is 12.6. The molecule has 3 heterocycles. The van der Waals surface area contributed by atoms with Crippen LogP contribution in [0.5, 0.6) is 0 Å². The molecule has 1 unspecified atom stereocenters. The minimum Gasteiger partial charge on any atom is -0.334 e. The van der Waals surface area contributed by atoms with Crippen molar-refractivity contribution in [3.63, 3.8) is 0 Å². The first kappa shape index (κ1) is 17.3. The van der Waals surface area contributed by atoms with Crippen molar-refractivity contribution in [3.8, 4) is 5.69 Å². The summed E-state index contributed by atoms with van der Waals surface area (Å²) in [5.41, 5.74) is 2.22. The first-order valence-electron chi connectivity index (χ1n) is 8.65. The normalized spacial score (nSPS) is 17.0. The van der Waals surface area contributed by atoms with E-state index in [1.165, 1.54) is 22.2 Å². The number of carbonyl (C=O) groups is 1. The van der Waals surface area contributed by atoms with Crippen LogP contribution in [0.15, 0.2) is 53.3 Å². The predicted molar refractivity (Wildman–Crippen MR) is 105 cm³/mol. The van der Waals surface area contributed by atoms with E-state index in [0.717, 1.165) is 30.2 Å². The summed E-state index contributed by atoms with van der Waals surface area (Å²) >= 11 is 3.18. The predicted octanol–water partition coefficient (Wildman–Crippen LogP) is 4.09. The third kappa shape index (κ3) is 3.54. The van der Waals surface area contributed by atoms with Crippen molar-refractivity contribution in [1.29, 1.82) is 0 Å². The summed E-state index contributed by atoms with van der Waals surface area (Å²) in [7, 11) is 0. The molecule has 1 saturated heterocycles. The van der Waals surface area contributed by atoms with E-state index in [1.54, 1.807) is 17.7 Å². The first-order chi connectivity index (χ1) is 12.7. The van der Waals surface area contributed by atoms with Crippen LogP contribution in [0.1, 0.15) is 29.3 Å². The Morgan fingerprint density at radius 3 is 2.92 bits per heavy atom. The van der Waals surface area contributed by atoms with Crippen molar-refractivity contribution in [3.05, 3.63) is 58.5 Å². The standard InChI is InChI=1S/C19H20N4OS2/c1-14-6-8-15(9-7-14)23-13-20-21-19(23)26-12-18(24)22-10-2-4-16(22)17-5-3-11-25-17/h3,5-9,11,13,16H,2,4,10,12H2,1H3. The summed E-state index contributed by atoms with van der Waals surface area (Å²) in [6.45, 7) is 2.90. The maximum absolute atomic E-state index is 12.8. The van der Waals surface area contributed by atoms with Crippen LogP contribution < -0.4 is 0 Å². The van der Waals surface area contributed by atoms with Crippen LogP contribution in [0.3, 0.4) is 0 Å². The third-order valence-electron chi connectivity index (χ3n) is 4.60. The SMILES string of the molecule is Cc1ccc(-n2cnnc2SCC(=O)N2CCCC2c2cccs2)cc1. The van der Waals surface area contributed by atoms with Gasteiger partial charge in [0.05, 0.1) is 11.8 Å². The quantitative estimate of drug-likeness (QED) is 0.622. The maximum atomic E-state index is 12.8. The van der Waals surface area contributed by atoms with Gasteiger partial charge in [-0.3, -0.25) is 9.36 Å². The number of amides is 1. The van der Waals surface area contributed by atoms with Crippen LogP contribution in [-0.4, -0.2) is 37.9 Å². The molecule has 0 bridgehead atoms. The molecule has 1 amide bonds. The highest BCUT2D eigenvalue weighted by Crippen LogP contribution is 2.35. The minimum absolute atomic E-state index is 0.171. The average Bonchev–Trinajstić information content (AvgIpc) is 3.40. The molecule has 0 radical (unpaired) electrons. The van der Waals surface area contributed by atoms with E-state index in [2.05, 4.69) is 46.8 Å². The topological polar surface area (TPSA) is 51.0 Å². The van der Waals surface area contributed by atoms with Crippen LogP contribution in [0, 0.1) is 6.92 Å². The number of aromatic nitrogens is 3. The summed E-state index contributed by atoms with van der Waals surface area (Å²) in [4.78, 5) is 16.1. The van der Waals surface area contributed by atoms with Gasteiger partial charge in [0.2, 0.25) is 5.91 Å². The Balaban J connectivity index is 1.44. The highest BCUT2D eigenvalue weighted by atomic mass is 32.2. The second-order valence-electron chi connectivity index (χ2n) is 6.37. The molecular formula is C19H20N4OS2. The Labute approximate surface area is 161 Å². The van der Waals surface area contributed by atoms with Crippen LogP contribution in [-0.2, 0) is 4.79 Å². The number of thiophene rings is 1. The second kappa shape index (κ2) is 7.63. The highest BCUT2D eigenvalue weighted by Gasteiger charge is 2.30. The van der Waals surface area contributed by atoms with Crippen LogP contribution >= 0.6 is 23.1 Å². The minimum atomic E-state index is 0.171. The molecule has 1 aliphatic heterocycles. The molecule has 0 saturated carbocycles. The van der Waals surface area contributed by atoms with Crippen LogP contribution in [0.2, 0.25) is 0 Å². The molecule has 1 aliphatic rings. The largest absolute Gasteiger partial charge is 0.334 e. The Morgan fingerprint density at radius 1 is 1.31 bits per heavy atom. The van der Waals surface area contributed by atoms with E-state index >= 15 is 0 Å². The maximum Gasteiger partial charge on any atom is 0.233 e. The molecule has 2 aromatic heterocycles. The lowest BCUT2D eigenvalue weighted by atomic mass is 10.2. The zero-order valence-electron chi connectivity index (χ0n) is 14.5. The molecule has 0 N–H and O–H groups in total. The van der Waals surface area contributed by atoms with Gasteiger partial charge in [0.1, 0.15) is 6.33 Å². The van der Waals surface area contributed by atoms with Crippen molar-refractivity contribution in [2.24, 2.45) is 0 Å². The molecule has 1 aromatic carbocycles. The molecule has 7 heteroatoms. The highest BCUT2D eigenvalue weighted by molar-refractivity contribution is 7.99. The van der Waals surface area contributed by atoms with Crippen LogP contribution in [0.25, 0.3) is 5.69 Å². The van der Waals surface area contributed by atoms with Gasteiger partial charge in [-0.2, -0.15) is 0 Å². The van der Waals surface area contributed by atoms with Crippen molar-refractivity contribution in [2.75, 3.05) is 12.3 Å². The Bertz CT molecular complexity index is 873. The van der Waals surface area contributed by atoms with E-state index in [1.807, 2.05) is 21.6 Å². The Kier molecular flexibility index (Phi) is 5.08. The number of likely N-dealkylation sites (tertiary alicyclic amines) is 1. The average molecular weight is 385 g/mol. The fourth-order valence-electron chi connectivity index (χ4n) is 3.26. The van der Waals surface area contributed by atoms with Gasteiger partial charge in [-0.05, 0) is 43.3 Å². The van der Waals surface area contributed by atoms with Gasteiger partial charge >= 0.3 is 0 Å². The first-order valence-corrected chi connectivity index (χ1v) is 10.5. The number of carbonyl (C=O) groups excluding carboxylic acids is 1. The van der Waals surface area contributed by atoms with Gasteiger partial charge in [-0.25, -0.2) is 0 Å². The van der Waals surface area contributed by atoms with Gasteiger partial charge < -0.3 is 4.90 Å². The van der Waals surface area contributed by atoms with E-state index < -0.39 is 0 Å². The number of rotatable bonds is 5. The van der Waals surface area contributed by atoms with Gasteiger partial charge in [0.25, 0.3) is 0 Å². The monoisotopic (exact) mass is 384 g/mol. The van der Waals surface area contributed by atoms with Crippen molar-refractivity contribution in [1.82, 2.24) is 19.7 Å². The molecule has 26 heavy (non-hydrogen) atoms. The number of hydrogen-bond acceptors (Lipinski definition) is 5. The zero-order valence-corrected chi connectivity index (χ0v) is 16.2. The van der Waals surface area contributed by atoms with Gasteiger partial charge in [-0.1, -0.05) is 35.5 Å². The zero-order chi connectivity index (χ0) is 17.9. The fraction of sp³-hybridized carbons (Fsp3) is 0.316. The van der Waals surface area contributed by atoms with Gasteiger partial charge in [-0.15, -0.1) is 21.5 Å². The summed E-state index contributed by atoms with van der Waals surface area (Å²) in [6.07, 6.45) is 3.82. The Morgan fingerprint density at radius 2 is 2.15 bits per heavy atom. The number of benzene rings is 1. The summed E-state index contributed by atoms with van der Waals surface area (Å²) < 4.78 is 1.93. The van der Waals surface area contributed by atoms with E-state index in [-0.39, 0.29) is 11.9 Å². The van der Waals surface area contributed by atoms with Gasteiger partial charge in [0, 0.05) is 17.1 Å². The van der Waals surface area contributed by atoms with Crippen molar-refractivity contribution < 1.29 is 4.79 Å². The van der Waals surface area contributed by atoms with Gasteiger partial charge in [0.15, 0.2) is 5.16 Å². The smallest absolute Gasteiger partial charge is 0.233 e. The second-order valence-corrected chi connectivity index (χ2v) is 8.29. The Hall–Kier alpha value is -2.12. The fourth-order valence-corrected chi connectivity index (χ4v) is 4.94. The van der Waals surface area contributed by atoms with E-state index in [4.69, 9.17) is 0 Å². The van der Waals surface area contributed by atoms with E-state index in [9.17, 15) is 4.79 Å². The molecule has 4 rings (SSSR count). The lowest BCUT2D eigenvalue weighted by molar-refractivity contribution is -0.129. The third-order valence-corrected chi connectivity index (χ3v) is 6.50.